The molecule has 1 amide bonds. The normalized spacial score (nSPS) is 18.2. The van der Waals surface area contributed by atoms with Crippen LogP contribution in [0.1, 0.15) is 49.5 Å². The number of likely N-dealkylation sites (tertiary alicyclic amines) is 1. The summed E-state index contributed by atoms with van der Waals surface area (Å²) in [6, 6.07) is 9.58. The second-order valence-corrected chi connectivity index (χ2v) is 6.30. The standard InChI is InChI=1S/C17H23N3O/c1-13(2)20-10-8-17(3,9-11-20)19-16(21)15-7-5-4-6-14(15)12-18/h4-7,13H,8-11H2,1-3H3,(H,19,21). The predicted octanol–water partition coefficient (Wildman–Crippen LogP) is 2.55. The summed E-state index contributed by atoms with van der Waals surface area (Å²) in [5.74, 6) is -0.146. The maximum Gasteiger partial charge on any atom is 0.253 e. The number of nitriles is 1. The van der Waals surface area contributed by atoms with Gasteiger partial charge < -0.3 is 10.2 Å². The van der Waals surface area contributed by atoms with Gasteiger partial charge in [0, 0.05) is 24.7 Å². The largest absolute Gasteiger partial charge is 0.347 e. The van der Waals surface area contributed by atoms with Gasteiger partial charge in [-0.15, -0.1) is 0 Å². The minimum Gasteiger partial charge on any atom is -0.347 e. The maximum absolute atomic E-state index is 12.4. The number of hydrogen-bond acceptors (Lipinski definition) is 3. The molecule has 1 heterocycles. The average Bonchev–Trinajstić information content (AvgIpc) is 2.47. The van der Waals surface area contributed by atoms with Gasteiger partial charge in [-0.2, -0.15) is 5.26 Å². The van der Waals surface area contributed by atoms with Crippen LogP contribution in [0.5, 0.6) is 0 Å². The van der Waals surface area contributed by atoms with Crippen LogP contribution in [0, 0.1) is 11.3 Å². The van der Waals surface area contributed by atoms with E-state index >= 15 is 0 Å². The molecule has 0 aromatic heterocycles. The summed E-state index contributed by atoms with van der Waals surface area (Å²) in [7, 11) is 0. The molecular formula is C17H23N3O. The van der Waals surface area contributed by atoms with Gasteiger partial charge >= 0.3 is 0 Å². The van der Waals surface area contributed by atoms with E-state index in [0.29, 0.717) is 17.2 Å². The van der Waals surface area contributed by atoms with E-state index in [9.17, 15) is 4.79 Å². The molecule has 21 heavy (non-hydrogen) atoms. The molecule has 4 heteroatoms. The number of piperidine rings is 1. The lowest BCUT2D eigenvalue weighted by Crippen LogP contribution is -2.54. The molecule has 1 fully saturated rings. The molecule has 1 aliphatic rings. The highest BCUT2D eigenvalue weighted by atomic mass is 16.1. The molecule has 0 unspecified atom stereocenters. The minimum absolute atomic E-state index is 0.146. The van der Waals surface area contributed by atoms with Gasteiger partial charge in [0.2, 0.25) is 0 Å². The number of hydrogen-bond donors (Lipinski definition) is 1. The highest BCUT2D eigenvalue weighted by Crippen LogP contribution is 2.23. The van der Waals surface area contributed by atoms with Crippen molar-refractivity contribution >= 4 is 5.91 Å². The topological polar surface area (TPSA) is 56.1 Å². The van der Waals surface area contributed by atoms with Crippen molar-refractivity contribution in [1.29, 1.82) is 5.26 Å². The number of carbonyl (C=O) groups excluding carboxylic acids is 1. The van der Waals surface area contributed by atoms with Crippen LogP contribution in [0.15, 0.2) is 24.3 Å². The van der Waals surface area contributed by atoms with E-state index in [4.69, 9.17) is 5.26 Å². The lowest BCUT2D eigenvalue weighted by atomic mass is 9.88. The Kier molecular flexibility index (Phi) is 4.64. The number of benzene rings is 1. The Bertz CT molecular complexity index is 551. The van der Waals surface area contributed by atoms with Crippen LogP contribution in [0.3, 0.4) is 0 Å². The van der Waals surface area contributed by atoms with Crippen LogP contribution in [0.25, 0.3) is 0 Å². The van der Waals surface area contributed by atoms with Crippen LogP contribution in [0.4, 0.5) is 0 Å². The Labute approximate surface area is 126 Å². The second kappa shape index (κ2) is 6.28. The molecule has 112 valence electrons. The lowest BCUT2D eigenvalue weighted by Gasteiger charge is -2.41. The molecule has 1 N–H and O–H groups in total. The van der Waals surface area contributed by atoms with Gasteiger partial charge in [0.1, 0.15) is 0 Å². The Morgan fingerprint density at radius 3 is 2.52 bits per heavy atom. The fourth-order valence-electron chi connectivity index (χ4n) is 2.78. The highest BCUT2D eigenvalue weighted by Gasteiger charge is 2.32. The molecule has 0 aliphatic carbocycles. The van der Waals surface area contributed by atoms with Crippen LogP contribution < -0.4 is 5.32 Å². The van der Waals surface area contributed by atoms with Gasteiger partial charge in [-0.05, 0) is 45.7 Å². The van der Waals surface area contributed by atoms with Crippen molar-refractivity contribution in [2.24, 2.45) is 0 Å². The van der Waals surface area contributed by atoms with Crippen molar-refractivity contribution in [2.75, 3.05) is 13.1 Å². The van der Waals surface area contributed by atoms with Crippen LogP contribution in [0.2, 0.25) is 0 Å². The smallest absolute Gasteiger partial charge is 0.253 e. The van der Waals surface area contributed by atoms with Crippen molar-refractivity contribution in [3.05, 3.63) is 35.4 Å². The van der Waals surface area contributed by atoms with Crippen molar-refractivity contribution in [3.8, 4) is 6.07 Å². The Morgan fingerprint density at radius 1 is 1.33 bits per heavy atom. The number of amides is 1. The van der Waals surface area contributed by atoms with E-state index in [2.05, 4.69) is 37.1 Å². The quantitative estimate of drug-likeness (QED) is 0.928. The predicted molar refractivity (Wildman–Crippen MR) is 83.0 cm³/mol. The molecule has 0 bridgehead atoms. The molecule has 4 nitrogen and oxygen atoms in total. The van der Waals surface area contributed by atoms with Crippen molar-refractivity contribution in [3.63, 3.8) is 0 Å². The molecule has 0 radical (unpaired) electrons. The summed E-state index contributed by atoms with van der Waals surface area (Å²) in [4.78, 5) is 14.9. The monoisotopic (exact) mass is 285 g/mol. The summed E-state index contributed by atoms with van der Waals surface area (Å²) in [5.41, 5.74) is 0.705. The molecule has 0 spiro atoms. The second-order valence-electron chi connectivity index (χ2n) is 6.30. The SMILES string of the molecule is CC(C)N1CCC(C)(NC(=O)c2ccccc2C#N)CC1. The number of rotatable bonds is 3. The molecule has 1 saturated heterocycles. The minimum atomic E-state index is -0.189. The number of nitrogens with zero attached hydrogens (tertiary/aromatic N) is 2. The van der Waals surface area contributed by atoms with E-state index < -0.39 is 0 Å². The zero-order chi connectivity index (χ0) is 15.5. The summed E-state index contributed by atoms with van der Waals surface area (Å²) < 4.78 is 0. The van der Waals surface area contributed by atoms with Gasteiger partial charge in [-0.25, -0.2) is 0 Å². The fraction of sp³-hybridized carbons (Fsp3) is 0.529. The van der Waals surface area contributed by atoms with Gasteiger partial charge in [0.05, 0.1) is 17.2 Å². The Balaban J connectivity index is 2.05. The van der Waals surface area contributed by atoms with Gasteiger partial charge in [0.15, 0.2) is 0 Å². The third-order valence-electron chi connectivity index (χ3n) is 4.34. The first-order valence-electron chi connectivity index (χ1n) is 7.51. The van der Waals surface area contributed by atoms with Crippen molar-refractivity contribution in [2.45, 2.75) is 45.2 Å². The Hall–Kier alpha value is -1.86. The molecular weight excluding hydrogens is 262 g/mol. The summed E-state index contributed by atoms with van der Waals surface area (Å²) >= 11 is 0. The van der Waals surface area contributed by atoms with E-state index in [-0.39, 0.29) is 11.4 Å². The highest BCUT2D eigenvalue weighted by molar-refractivity contribution is 5.97. The average molecular weight is 285 g/mol. The van der Waals surface area contributed by atoms with Crippen LogP contribution in [-0.4, -0.2) is 35.5 Å². The molecule has 2 rings (SSSR count). The zero-order valence-corrected chi connectivity index (χ0v) is 13.0. The number of carbonyl (C=O) groups is 1. The summed E-state index contributed by atoms with van der Waals surface area (Å²) in [6.45, 7) is 8.48. The van der Waals surface area contributed by atoms with E-state index in [1.165, 1.54) is 0 Å². The van der Waals surface area contributed by atoms with Crippen LogP contribution in [-0.2, 0) is 0 Å². The summed E-state index contributed by atoms with van der Waals surface area (Å²) in [6.07, 6.45) is 1.87. The first-order valence-corrected chi connectivity index (χ1v) is 7.51. The zero-order valence-electron chi connectivity index (χ0n) is 13.0. The van der Waals surface area contributed by atoms with E-state index in [1.54, 1.807) is 24.3 Å². The van der Waals surface area contributed by atoms with Gasteiger partial charge in [0.25, 0.3) is 5.91 Å². The molecule has 1 aromatic rings. The Morgan fingerprint density at radius 2 is 1.95 bits per heavy atom. The van der Waals surface area contributed by atoms with Crippen molar-refractivity contribution < 1.29 is 4.79 Å². The fourth-order valence-corrected chi connectivity index (χ4v) is 2.78. The molecule has 1 aromatic carbocycles. The first-order chi connectivity index (χ1) is 9.95. The van der Waals surface area contributed by atoms with Crippen LogP contribution >= 0.6 is 0 Å². The lowest BCUT2D eigenvalue weighted by molar-refractivity contribution is 0.0801. The third kappa shape index (κ3) is 3.62. The third-order valence-corrected chi connectivity index (χ3v) is 4.34. The molecule has 1 aliphatic heterocycles. The first kappa shape index (κ1) is 15.5. The maximum atomic E-state index is 12.4. The van der Waals surface area contributed by atoms with E-state index in [0.717, 1.165) is 25.9 Å². The van der Waals surface area contributed by atoms with E-state index in [1.807, 2.05) is 0 Å². The molecule has 0 saturated carbocycles. The van der Waals surface area contributed by atoms with Crippen molar-refractivity contribution in [1.82, 2.24) is 10.2 Å². The molecule has 0 atom stereocenters. The number of nitrogens with one attached hydrogen (secondary N) is 1. The summed E-state index contributed by atoms with van der Waals surface area (Å²) in [5, 5.41) is 12.2. The van der Waals surface area contributed by atoms with Gasteiger partial charge in [-0.1, -0.05) is 12.1 Å². The van der Waals surface area contributed by atoms with Gasteiger partial charge in [-0.3, -0.25) is 4.79 Å².